The first-order valence-electron chi connectivity index (χ1n) is 5.78. The van der Waals surface area contributed by atoms with Crippen molar-refractivity contribution in [1.82, 2.24) is 4.98 Å². The summed E-state index contributed by atoms with van der Waals surface area (Å²) >= 11 is 12.0. The zero-order valence-corrected chi connectivity index (χ0v) is 12.0. The number of fused-ring (bicyclic) bond motifs is 1. The van der Waals surface area contributed by atoms with Crippen LogP contribution in [0.15, 0.2) is 34.7 Å². The fourth-order valence-corrected chi connectivity index (χ4v) is 2.46. The van der Waals surface area contributed by atoms with Gasteiger partial charge in [0.2, 0.25) is 5.89 Å². The number of halogens is 2. The third kappa shape index (κ3) is 2.17. The Balaban J connectivity index is 2.17. The molecule has 0 bridgehead atoms. The molecule has 2 N–H and O–H groups in total. The molecule has 0 saturated heterocycles. The first kappa shape index (κ1) is 13.1. The molecule has 0 fully saturated rings. The molecule has 0 saturated carbocycles. The molecule has 1 heterocycles. The second-order valence-corrected chi connectivity index (χ2v) is 5.05. The lowest BCUT2D eigenvalue weighted by atomic mass is 10.1. The second-order valence-electron chi connectivity index (χ2n) is 4.21. The highest BCUT2D eigenvalue weighted by Gasteiger charge is 2.14. The van der Waals surface area contributed by atoms with Gasteiger partial charge in [-0.1, -0.05) is 23.2 Å². The summed E-state index contributed by atoms with van der Waals surface area (Å²) in [5.41, 5.74) is 8.24. The van der Waals surface area contributed by atoms with Crippen LogP contribution in [0.3, 0.4) is 0 Å². The van der Waals surface area contributed by atoms with E-state index in [9.17, 15) is 0 Å². The minimum atomic E-state index is 0.393. The number of benzene rings is 2. The van der Waals surface area contributed by atoms with Crippen LogP contribution < -0.4 is 10.5 Å². The van der Waals surface area contributed by atoms with E-state index in [4.69, 9.17) is 38.1 Å². The summed E-state index contributed by atoms with van der Waals surface area (Å²) in [5, 5.41) is 0.920. The van der Waals surface area contributed by atoms with Crippen molar-refractivity contribution < 1.29 is 9.15 Å². The molecule has 6 heteroatoms. The molecule has 0 spiro atoms. The van der Waals surface area contributed by atoms with Gasteiger partial charge in [-0.05, 0) is 24.3 Å². The summed E-state index contributed by atoms with van der Waals surface area (Å²) in [6.07, 6.45) is 0. The first-order valence-corrected chi connectivity index (χ1v) is 6.53. The lowest BCUT2D eigenvalue weighted by molar-refractivity contribution is 0.415. The number of hydrogen-bond acceptors (Lipinski definition) is 4. The SMILES string of the molecule is COc1ccc(-c2nc3cc(Cl)cc(Cl)c3o2)c(N)c1. The van der Waals surface area contributed by atoms with Gasteiger partial charge in [0, 0.05) is 16.8 Å². The maximum atomic E-state index is 6.08. The molecular formula is C14H10Cl2N2O2. The van der Waals surface area contributed by atoms with E-state index in [0.29, 0.717) is 44.0 Å². The van der Waals surface area contributed by atoms with Gasteiger partial charge in [-0.25, -0.2) is 4.98 Å². The van der Waals surface area contributed by atoms with Gasteiger partial charge >= 0.3 is 0 Å². The molecule has 0 aliphatic rings. The molecule has 4 nitrogen and oxygen atoms in total. The summed E-state index contributed by atoms with van der Waals surface area (Å²) in [4.78, 5) is 4.36. The van der Waals surface area contributed by atoms with Crippen molar-refractivity contribution in [2.75, 3.05) is 12.8 Å². The van der Waals surface area contributed by atoms with Gasteiger partial charge in [-0.15, -0.1) is 0 Å². The van der Waals surface area contributed by atoms with E-state index in [2.05, 4.69) is 4.98 Å². The predicted molar refractivity (Wildman–Crippen MR) is 80.4 cm³/mol. The summed E-state index contributed by atoms with van der Waals surface area (Å²) < 4.78 is 10.8. The van der Waals surface area contributed by atoms with Crippen molar-refractivity contribution in [2.24, 2.45) is 0 Å². The number of rotatable bonds is 2. The fraction of sp³-hybridized carbons (Fsp3) is 0.0714. The highest BCUT2D eigenvalue weighted by molar-refractivity contribution is 6.38. The van der Waals surface area contributed by atoms with Crippen molar-refractivity contribution in [3.05, 3.63) is 40.4 Å². The van der Waals surface area contributed by atoms with Crippen LogP contribution in [0.2, 0.25) is 10.0 Å². The zero-order chi connectivity index (χ0) is 14.3. The molecule has 0 radical (unpaired) electrons. The predicted octanol–water partition coefficient (Wildman–Crippen LogP) is 4.39. The Kier molecular flexibility index (Phi) is 3.20. The van der Waals surface area contributed by atoms with Crippen molar-refractivity contribution >= 4 is 40.0 Å². The van der Waals surface area contributed by atoms with Gasteiger partial charge in [0.05, 0.1) is 17.7 Å². The fourth-order valence-electron chi connectivity index (χ4n) is 1.94. The summed E-state index contributed by atoms with van der Waals surface area (Å²) in [6.45, 7) is 0. The minimum absolute atomic E-state index is 0.393. The van der Waals surface area contributed by atoms with Crippen molar-refractivity contribution in [1.29, 1.82) is 0 Å². The van der Waals surface area contributed by atoms with E-state index in [1.54, 1.807) is 37.4 Å². The average molecular weight is 309 g/mol. The van der Waals surface area contributed by atoms with Gasteiger partial charge in [0.1, 0.15) is 11.3 Å². The molecule has 0 atom stereocenters. The van der Waals surface area contributed by atoms with Crippen LogP contribution in [0, 0.1) is 0 Å². The molecule has 0 amide bonds. The van der Waals surface area contributed by atoms with Crippen LogP contribution in [0.4, 0.5) is 5.69 Å². The molecule has 0 aliphatic heterocycles. The standard InChI is InChI=1S/C14H10Cl2N2O2/c1-19-8-2-3-9(11(17)6-8)14-18-12-5-7(15)4-10(16)13(12)20-14/h2-6H,17H2,1H3. The number of nitrogens with two attached hydrogens (primary N) is 1. The Hall–Kier alpha value is -1.91. The van der Waals surface area contributed by atoms with Gasteiger partial charge in [-0.2, -0.15) is 0 Å². The number of nitrogen functional groups attached to an aromatic ring is 1. The Labute approximate surface area is 125 Å². The largest absolute Gasteiger partial charge is 0.497 e. The quantitative estimate of drug-likeness (QED) is 0.713. The van der Waals surface area contributed by atoms with E-state index in [1.807, 2.05) is 0 Å². The monoisotopic (exact) mass is 308 g/mol. The van der Waals surface area contributed by atoms with Crippen LogP contribution >= 0.6 is 23.2 Å². The number of oxazole rings is 1. The number of nitrogens with zero attached hydrogens (tertiary/aromatic N) is 1. The number of hydrogen-bond donors (Lipinski definition) is 1. The highest BCUT2D eigenvalue weighted by Crippen LogP contribution is 2.34. The van der Waals surface area contributed by atoms with Crippen LogP contribution in [-0.4, -0.2) is 12.1 Å². The summed E-state index contributed by atoms with van der Waals surface area (Å²) in [5.74, 6) is 1.06. The number of ether oxygens (including phenoxy) is 1. The third-order valence-corrected chi connectivity index (χ3v) is 3.40. The van der Waals surface area contributed by atoms with Crippen molar-refractivity contribution in [2.45, 2.75) is 0 Å². The lowest BCUT2D eigenvalue weighted by Crippen LogP contribution is -1.92. The van der Waals surface area contributed by atoms with Gasteiger partial charge in [0.15, 0.2) is 5.58 Å². The molecule has 102 valence electrons. The van der Waals surface area contributed by atoms with Crippen molar-refractivity contribution in [3.8, 4) is 17.2 Å². The van der Waals surface area contributed by atoms with Gasteiger partial charge < -0.3 is 14.9 Å². The topological polar surface area (TPSA) is 61.3 Å². The molecule has 2 aromatic carbocycles. The number of aromatic nitrogens is 1. The Bertz CT molecular complexity index is 799. The number of anilines is 1. The van der Waals surface area contributed by atoms with E-state index in [-0.39, 0.29) is 0 Å². The highest BCUT2D eigenvalue weighted by atomic mass is 35.5. The summed E-state index contributed by atoms with van der Waals surface area (Å²) in [6, 6.07) is 8.58. The second kappa shape index (κ2) is 4.89. The molecule has 20 heavy (non-hydrogen) atoms. The first-order chi connectivity index (χ1) is 9.58. The normalized spacial score (nSPS) is 10.9. The van der Waals surface area contributed by atoms with Gasteiger partial charge in [-0.3, -0.25) is 0 Å². The molecular weight excluding hydrogens is 299 g/mol. The average Bonchev–Trinajstić information content (AvgIpc) is 2.82. The van der Waals surface area contributed by atoms with Crippen LogP contribution in [-0.2, 0) is 0 Å². The Morgan fingerprint density at radius 2 is 2.00 bits per heavy atom. The number of methoxy groups -OCH3 is 1. The third-order valence-electron chi connectivity index (χ3n) is 2.90. The summed E-state index contributed by atoms with van der Waals surface area (Å²) in [7, 11) is 1.58. The van der Waals surface area contributed by atoms with Gasteiger partial charge in [0.25, 0.3) is 0 Å². The van der Waals surface area contributed by atoms with E-state index in [1.165, 1.54) is 0 Å². The van der Waals surface area contributed by atoms with E-state index >= 15 is 0 Å². The van der Waals surface area contributed by atoms with E-state index in [0.717, 1.165) is 0 Å². The molecule has 1 aromatic heterocycles. The van der Waals surface area contributed by atoms with Crippen LogP contribution in [0.25, 0.3) is 22.6 Å². The Morgan fingerprint density at radius 3 is 2.70 bits per heavy atom. The lowest BCUT2D eigenvalue weighted by Gasteiger charge is -2.04. The molecule has 3 rings (SSSR count). The maximum Gasteiger partial charge on any atom is 0.229 e. The molecule has 0 unspecified atom stereocenters. The van der Waals surface area contributed by atoms with Crippen LogP contribution in [0.5, 0.6) is 5.75 Å². The van der Waals surface area contributed by atoms with Crippen molar-refractivity contribution in [3.63, 3.8) is 0 Å². The molecule has 3 aromatic rings. The Morgan fingerprint density at radius 1 is 1.20 bits per heavy atom. The van der Waals surface area contributed by atoms with E-state index < -0.39 is 0 Å². The molecule has 0 aliphatic carbocycles. The maximum absolute atomic E-state index is 6.08. The zero-order valence-electron chi connectivity index (χ0n) is 10.5. The smallest absolute Gasteiger partial charge is 0.229 e. The van der Waals surface area contributed by atoms with Crippen LogP contribution in [0.1, 0.15) is 0 Å². The minimum Gasteiger partial charge on any atom is -0.497 e.